The molecule has 0 spiro atoms. The molecule has 0 heterocycles. The first kappa shape index (κ1) is 10.9. The van der Waals surface area contributed by atoms with Crippen molar-refractivity contribution in [2.45, 2.75) is 26.2 Å². The standard InChI is InChI=1S/C14H17NO/c1-2-3-9-11-13(15)12(14(11)16)10-7-5-4-6-8-10/h4-8,11H,2-3,9,15H2,1H3/t11-/m1/s1. The Labute approximate surface area is 96.2 Å². The number of ketones is 1. The van der Waals surface area contributed by atoms with Crippen molar-refractivity contribution in [1.82, 2.24) is 0 Å². The second kappa shape index (κ2) is 4.52. The summed E-state index contributed by atoms with van der Waals surface area (Å²) in [4.78, 5) is 11.9. The molecule has 2 N–H and O–H groups in total. The highest BCUT2D eigenvalue weighted by atomic mass is 16.1. The summed E-state index contributed by atoms with van der Waals surface area (Å²) in [5, 5.41) is 0. The number of Topliss-reactive ketones (excluding diaryl/α,β-unsaturated/α-hetero) is 1. The van der Waals surface area contributed by atoms with E-state index in [0.717, 1.165) is 36.1 Å². The summed E-state index contributed by atoms with van der Waals surface area (Å²) in [7, 11) is 0. The number of hydrogen-bond acceptors (Lipinski definition) is 2. The van der Waals surface area contributed by atoms with Crippen molar-refractivity contribution < 1.29 is 4.79 Å². The number of allylic oxidation sites excluding steroid dienone is 2. The third-order valence-corrected chi connectivity index (χ3v) is 3.14. The Morgan fingerprint density at radius 2 is 1.94 bits per heavy atom. The van der Waals surface area contributed by atoms with Gasteiger partial charge in [0.1, 0.15) is 0 Å². The molecule has 0 aromatic heterocycles. The van der Waals surface area contributed by atoms with Crippen LogP contribution in [0.15, 0.2) is 36.0 Å². The smallest absolute Gasteiger partial charge is 0.174 e. The Hall–Kier alpha value is -1.57. The molecule has 0 radical (unpaired) electrons. The fourth-order valence-electron chi connectivity index (χ4n) is 2.16. The number of carbonyl (C=O) groups excluding carboxylic acids is 1. The van der Waals surface area contributed by atoms with Crippen molar-refractivity contribution in [1.29, 1.82) is 0 Å². The van der Waals surface area contributed by atoms with Gasteiger partial charge >= 0.3 is 0 Å². The fourth-order valence-corrected chi connectivity index (χ4v) is 2.16. The zero-order valence-electron chi connectivity index (χ0n) is 9.57. The van der Waals surface area contributed by atoms with E-state index in [1.807, 2.05) is 30.3 Å². The van der Waals surface area contributed by atoms with E-state index in [4.69, 9.17) is 5.73 Å². The van der Waals surface area contributed by atoms with Gasteiger partial charge in [0.05, 0.1) is 5.92 Å². The number of hydrogen-bond donors (Lipinski definition) is 1. The van der Waals surface area contributed by atoms with Crippen LogP contribution in [0.2, 0.25) is 0 Å². The van der Waals surface area contributed by atoms with Crippen LogP contribution >= 0.6 is 0 Å². The summed E-state index contributed by atoms with van der Waals surface area (Å²) in [5.41, 5.74) is 8.47. The van der Waals surface area contributed by atoms with Crippen LogP contribution in [-0.4, -0.2) is 5.78 Å². The molecule has 2 nitrogen and oxygen atoms in total. The minimum Gasteiger partial charge on any atom is -0.401 e. The van der Waals surface area contributed by atoms with Crippen molar-refractivity contribution in [3.63, 3.8) is 0 Å². The quantitative estimate of drug-likeness (QED) is 0.839. The summed E-state index contributed by atoms with van der Waals surface area (Å²) in [6, 6.07) is 9.69. The molecule has 1 aliphatic carbocycles. The van der Waals surface area contributed by atoms with Gasteiger partial charge in [-0.2, -0.15) is 0 Å². The fraction of sp³-hybridized carbons (Fsp3) is 0.357. The Morgan fingerprint density at radius 1 is 1.25 bits per heavy atom. The molecule has 0 bridgehead atoms. The average molecular weight is 215 g/mol. The molecular formula is C14H17NO. The lowest BCUT2D eigenvalue weighted by molar-refractivity contribution is -0.118. The summed E-state index contributed by atoms with van der Waals surface area (Å²) >= 11 is 0. The molecule has 0 fully saturated rings. The highest BCUT2D eigenvalue weighted by molar-refractivity contribution is 6.30. The first-order chi connectivity index (χ1) is 7.75. The lowest BCUT2D eigenvalue weighted by Gasteiger charge is -2.29. The van der Waals surface area contributed by atoms with Gasteiger partial charge in [-0.15, -0.1) is 0 Å². The molecule has 1 aromatic rings. The average Bonchev–Trinajstić information content (AvgIpc) is 2.31. The molecule has 0 saturated heterocycles. The van der Waals surface area contributed by atoms with Crippen LogP contribution < -0.4 is 5.73 Å². The Kier molecular flexibility index (Phi) is 3.09. The normalized spacial score (nSPS) is 19.8. The maximum Gasteiger partial charge on any atom is 0.174 e. The third kappa shape index (κ3) is 1.75. The molecule has 0 aliphatic heterocycles. The van der Waals surface area contributed by atoms with Gasteiger partial charge in [-0.05, 0) is 12.0 Å². The molecule has 16 heavy (non-hydrogen) atoms. The van der Waals surface area contributed by atoms with Crippen LogP contribution in [0.25, 0.3) is 5.57 Å². The van der Waals surface area contributed by atoms with Crippen LogP contribution in [0.1, 0.15) is 31.7 Å². The molecule has 2 heteroatoms. The van der Waals surface area contributed by atoms with Gasteiger partial charge < -0.3 is 5.73 Å². The number of benzene rings is 1. The SMILES string of the molecule is CCCC[C@H]1C(=O)C(c2ccccc2)=C1N. The van der Waals surface area contributed by atoms with Gasteiger partial charge in [0.25, 0.3) is 0 Å². The van der Waals surface area contributed by atoms with E-state index in [-0.39, 0.29) is 11.7 Å². The first-order valence-electron chi connectivity index (χ1n) is 5.85. The molecule has 2 rings (SSSR count). The van der Waals surface area contributed by atoms with Gasteiger partial charge in [-0.3, -0.25) is 4.79 Å². The second-order valence-corrected chi connectivity index (χ2v) is 4.26. The highest BCUT2D eigenvalue weighted by Gasteiger charge is 2.37. The Bertz CT molecular complexity index is 420. The van der Waals surface area contributed by atoms with E-state index in [9.17, 15) is 4.79 Å². The van der Waals surface area contributed by atoms with E-state index in [1.54, 1.807) is 0 Å². The van der Waals surface area contributed by atoms with Crippen LogP contribution in [0, 0.1) is 5.92 Å². The molecule has 0 unspecified atom stereocenters. The lowest BCUT2D eigenvalue weighted by Crippen LogP contribution is -2.34. The number of rotatable bonds is 4. The Balaban J connectivity index is 2.19. The molecule has 1 atom stereocenters. The van der Waals surface area contributed by atoms with Crippen molar-refractivity contribution in [3.05, 3.63) is 41.6 Å². The number of nitrogens with two attached hydrogens (primary N) is 1. The molecule has 1 aromatic carbocycles. The monoisotopic (exact) mass is 215 g/mol. The minimum atomic E-state index is -0.0184. The predicted octanol–water partition coefficient (Wildman–Crippen LogP) is 2.75. The summed E-state index contributed by atoms with van der Waals surface area (Å²) in [6.45, 7) is 2.13. The van der Waals surface area contributed by atoms with Gasteiger partial charge in [0.15, 0.2) is 5.78 Å². The van der Waals surface area contributed by atoms with E-state index in [0.29, 0.717) is 0 Å². The predicted molar refractivity (Wildman–Crippen MR) is 65.6 cm³/mol. The van der Waals surface area contributed by atoms with Crippen LogP contribution in [0.5, 0.6) is 0 Å². The summed E-state index contributed by atoms with van der Waals surface area (Å²) < 4.78 is 0. The van der Waals surface area contributed by atoms with E-state index in [2.05, 4.69) is 6.92 Å². The van der Waals surface area contributed by atoms with E-state index in [1.165, 1.54) is 0 Å². The van der Waals surface area contributed by atoms with E-state index < -0.39 is 0 Å². The van der Waals surface area contributed by atoms with Gasteiger partial charge in [-0.1, -0.05) is 50.1 Å². The first-order valence-corrected chi connectivity index (χ1v) is 5.85. The number of carbonyl (C=O) groups is 1. The van der Waals surface area contributed by atoms with Crippen molar-refractivity contribution >= 4 is 11.4 Å². The van der Waals surface area contributed by atoms with Crippen molar-refractivity contribution in [3.8, 4) is 0 Å². The van der Waals surface area contributed by atoms with Gasteiger partial charge in [0.2, 0.25) is 0 Å². The Morgan fingerprint density at radius 3 is 2.50 bits per heavy atom. The van der Waals surface area contributed by atoms with Crippen LogP contribution in [-0.2, 0) is 4.79 Å². The zero-order chi connectivity index (χ0) is 11.5. The molecule has 0 saturated carbocycles. The summed E-state index contributed by atoms with van der Waals surface area (Å²) in [6.07, 6.45) is 3.08. The maximum absolute atomic E-state index is 11.9. The minimum absolute atomic E-state index is 0.0184. The largest absolute Gasteiger partial charge is 0.401 e. The maximum atomic E-state index is 11.9. The molecule has 0 amide bonds. The zero-order valence-corrected chi connectivity index (χ0v) is 9.57. The van der Waals surface area contributed by atoms with Crippen LogP contribution in [0.4, 0.5) is 0 Å². The van der Waals surface area contributed by atoms with Crippen molar-refractivity contribution in [2.75, 3.05) is 0 Å². The lowest BCUT2D eigenvalue weighted by atomic mass is 9.75. The van der Waals surface area contributed by atoms with Crippen LogP contribution in [0.3, 0.4) is 0 Å². The molecule has 84 valence electrons. The third-order valence-electron chi connectivity index (χ3n) is 3.14. The number of unbranched alkanes of at least 4 members (excludes halogenated alkanes) is 1. The van der Waals surface area contributed by atoms with E-state index >= 15 is 0 Å². The van der Waals surface area contributed by atoms with Gasteiger partial charge in [0, 0.05) is 11.3 Å². The second-order valence-electron chi connectivity index (χ2n) is 4.26. The summed E-state index contributed by atoms with van der Waals surface area (Å²) in [5.74, 6) is 0.201. The van der Waals surface area contributed by atoms with Gasteiger partial charge in [-0.25, -0.2) is 0 Å². The topological polar surface area (TPSA) is 43.1 Å². The highest BCUT2D eigenvalue weighted by Crippen LogP contribution is 2.37. The molecular weight excluding hydrogens is 198 g/mol. The van der Waals surface area contributed by atoms with Crippen molar-refractivity contribution in [2.24, 2.45) is 11.7 Å². The molecule has 1 aliphatic rings.